The summed E-state index contributed by atoms with van der Waals surface area (Å²) in [7, 11) is 0. The van der Waals surface area contributed by atoms with Gasteiger partial charge in [0.1, 0.15) is 17.2 Å². The lowest BCUT2D eigenvalue weighted by Gasteiger charge is -2.03. The fourth-order valence-electron chi connectivity index (χ4n) is 3.28. The fraction of sp³-hybridized carbons (Fsp3) is 0.0435. The summed E-state index contributed by atoms with van der Waals surface area (Å²) in [6, 6.07) is 20.8. The van der Waals surface area contributed by atoms with Gasteiger partial charge in [-0.3, -0.25) is 4.79 Å². The highest BCUT2D eigenvalue weighted by atomic mass is 19.1. The first-order valence-electron chi connectivity index (χ1n) is 8.65. The molecule has 0 saturated carbocycles. The zero-order valence-corrected chi connectivity index (χ0v) is 14.8. The standard InChI is InChI=1S/C23H15FN2O2/c24-18-7-4-14(5-8-18)11-21-22(23(26)27)19-12-17(6-9-20(19)28-21)16-3-1-2-15(10-16)13-25/h1-10,12H,11H2,(H2,26,27). The molecule has 0 unspecified atom stereocenters. The van der Waals surface area contributed by atoms with Gasteiger partial charge in [-0.1, -0.05) is 30.3 Å². The lowest BCUT2D eigenvalue weighted by Crippen LogP contribution is -2.12. The van der Waals surface area contributed by atoms with Crippen molar-refractivity contribution in [3.05, 3.63) is 95.0 Å². The Labute approximate surface area is 160 Å². The second-order valence-electron chi connectivity index (χ2n) is 6.47. The third-order valence-corrected chi connectivity index (χ3v) is 4.61. The van der Waals surface area contributed by atoms with Gasteiger partial charge in [-0.15, -0.1) is 0 Å². The van der Waals surface area contributed by atoms with Gasteiger partial charge in [-0.25, -0.2) is 4.39 Å². The third kappa shape index (κ3) is 3.24. The molecule has 0 saturated heterocycles. The molecule has 4 nitrogen and oxygen atoms in total. The van der Waals surface area contributed by atoms with E-state index in [1.807, 2.05) is 24.3 Å². The van der Waals surface area contributed by atoms with Gasteiger partial charge in [-0.2, -0.15) is 5.26 Å². The molecule has 2 N–H and O–H groups in total. The van der Waals surface area contributed by atoms with E-state index in [1.165, 1.54) is 12.1 Å². The zero-order chi connectivity index (χ0) is 19.7. The van der Waals surface area contributed by atoms with Crippen molar-refractivity contribution in [2.45, 2.75) is 6.42 Å². The number of nitrogens with zero attached hydrogens (tertiary/aromatic N) is 1. The number of amides is 1. The van der Waals surface area contributed by atoms with Crippen LogP contribution < -0.4 is 5.73 Å². The van der Waals surface area contributed by atoms with Crippen LogP contribution in [0.1, 0.15) is 27.2 Å². The lowest BCUT2D eigenvalue weighted by molar-refractivity contribution is 0.1000. The normalized spacial score (nSPS) is 10.7. The van der Waals surface area contributed by atoms with Crippen LogP contribution in [0.15, 0.2) is 71.1 Å². The number of hydrogen-bond donors (Lipinski definition) is 1. The van der Waals surface area contributed by atoms with Crippen LogP contribution in [-0.2, 0) is 6.42 Å². The van der Waals surface area contributed by atoms with E-state index < -0.39 is 5.91 Å². The molecule has 3 aromatic carbocycles. The molecule has 4 rings (SSSR count). The van der Waals surface area contributed by atoms with Crippen molar-refractivity contribution >= 4 is 16.9 Å². The first kappa shape index (κ1) is 17.5. The first-order chi connectivity index (χ1) is 13.5. The molecule has 136 valence electrons. The monoisotopic (exact) mass is 370 g/mol. The van der Waals surface area contributed by atoms with E-state index in [2.05, 4.69) is 6.07 Å². The molecular weight excluding hydrogens is 355 g/mol. The Morgan fingerprint density at radius 2 is 1.79 bits per heavy atom. The van der Waals surface area contributed by atoms with Gasteiger partial charge in [-0.05, 0) is 53.1 Å². The molecule has 28 heavy (non-hydrogen) atoms. The van der Waals surface area contributed by atoms with Crippen molar-refractivity contribution in [1.82, 2.24) is 0 Å². The molecule has 0 bridgehead atoms. The molecule has 0 radical (unpaired) electrons. The third-order valence-electron chi connectivity index (χ3n) is 4.61. The van der Waals surface area contributed by atoms with E-state index >= 15 is 0 Å². The van der Waals surface area contributed by atoms with Gasteiger partial charge in [0.15, 0.2) is 0 Å². The largest absolute Gasteiger partial charge is 0.460 e. The topological polar surface area (TPSA) is 80.0 Å². The Hall–Kier alpha value is -3.91. The van der Waals surface area contributed by atoms with Crippen LogP contribution in [0.25, 0.3) is 22.1 Å². The molecule has 0 spiro atoms. The molecule has 0 aliphatic carbocycles. The maximum atomic E-state index is 13.1. The second-order valence-corrected chi connectivity index (χ2v) is 6.47. The summed E-state index contributed by atoms with van der Waals surface area (Å²) in [4.78, 5) is 12.1. The van der Waals surface area contributed by atoms with Crippen molar-refractivity contribution in [3.8, 4) is 17.2 Å². The van der Waals surface area contributed by atoms with Crippen LogP contribution >= 0.6 is 0 Å². The summed E-state index contributed by atoms with van der Waals surface area (Å²) in [5.74, 6) is -0.469. The lowest BCUT2D eigenvalue weighted by atomic mass is 9.99. The molecule has 0 aliphatic rings. The number of hydrogen-bond acceptors (Lipinski definition) is 3. The maximum Gasteiger partial charge on any atom is 0.252 e. The molecular formula is C23H15FN2O2. The molecule has 4 aromatic rings. The van der Waals surface area contributed by atoms with Gasteiger partial charge in [0.25, 0.3) is 5.91 Å². The Kier molecular flexibility index (Phi) is 4.38. The number of carbonyl (C=O) groups excluding carboxylic acids is 1. The number of fused-ring (bicyclic) bond motifs is 1. The second kappa shape index (κ2) is 7.01. The molecule has 1 amide bonds. The number of primary amides is 1. The van der Waals surface area contributed by atoms with Gasteiger partial charge in [0.05, 0.1) is 17.2 Å². The summed E-state index contributed by atoms with van der Waals surface area (Å²) in [6.07, 6.45) is 0.326. The van der Waals surface area contributed by atoms with Gasteiger partial charge in [0.2, 0.25) is 0 Å². The molecule has 0 fully saturated rings. The Morgan fingerprint density at radius 3 is 2.50 bits per heavy atom. The predicted octanol–water partition coefficient (Wildman–Crippen LogP) is 4.80. The summed E-state index contributed by atoms with van der Waals surface area (Å²) in [5.41, 5.74) is 9.57. The van der Waals surface area contributed by atoms with Crippen LogP contribution in [0.2, 0.25) is 0 Å². The highest BCUT2D eigenvalue weighted by molar-refractivity contribution is 6.07. The summed E-state index contributed by atoms with van der Waals surface area (Å²) < 4.78 is 19.0. The molecule has 5 heteroatoms. The average molecular weight is 370 g/mol. The van der Waals surface area contributed by atoms with E-state index in [4.69, 9.17) is 15.4 Å². The highest BCUT2D eigenvalue weighted by Crippen LogP contribution is 2.32. The average Bonchev–Trinajstić information content (AvgIpc) is 3.07. The minimum absolute atomic E-state index is 0.317. The quantitative estimate of drug-likeness (QED) is 0.560. The Bertz CT molecular complexity index is 1230. The van der Waals surface area contributed by atoms with Crippen LogP contribution in [0.3, 0.4) is 0 Å². The van der Waals surface area contributed by atoms with Crippen molar-refractivity contribution in [3.63, 3.8) is 0 Å². The summed E-state index contributed by atoms with van der Waals surface area (Å²) in [5, 5.41) is 9.72. The molecule has 0 atom stereocenters. The molecule has 0 aliphatic heterocycles. The maximum absolute atomic E-state index is 13.1. The number of carbonyl (C=O) groups is 1. The van der Waals surface area contributed by atoms with Crippen LogP contribution in [-0.4, -0.2) is 5.91 Å². The van der Waals surface area contributed by atoms with Crippen LogP contribution in [0.4, 0.5) is 4.39 Å². The Balaban J connectivity index is 1.82. The van der Waals surface area contributed by atoms with Crippen molar-refractivity contribution in [2.75, 3.05) is 0 Å². The van der Waals surface area contributed by atoms with E-state index in [0.29, 0.717) is 34.3 Å². The van der Waals surface area contributed by atoms with Crippen molar-refractivity contribution < 1.29 is 13.6 Å². The SMILES string of the molecule is N#Cc1cccc(-c2ccc3oc(Cc4ccc(F)cc4)c(C(N)=O)c3c2)c1. The number of nitriles is 1. The van der Waals surface area contributed by atoms with Gasteiger partial charge < -0.3 is 10.2 Å². The van der Waals surface area contributed by atoms with Crippen molar-refractivity contribution in [2.24, 2.45) is 5.73 Å². The first-order valence-corrected chi connectivity index (χ1v) is 8.65. The predicted molar refractivity (Wildman–Crippen MR) is 104 cm³/mol. The fourth-order valence-corrected chi connectivity index (χ4v) is 3.28. The van der Waals surface area contributed by atoms with E-state index in [-0.39, 0.29) is 5.82 Å². The number of halogens is 1. The smallest absolute Gasteiger partial charge is 0.252 e. The number of rotatable bonds is 4. The number of benzene rings is 3. The van der Waals surface area contributed by atoms with Gasteiger partial charge in [0, 0.05) is 11.8 Å². The highest BCUT2D eigenvalue weighted by Gasteiger charge is 2.19. The minimum Gasteiger partial charge on any atom is -0.460 e. The van der Waals surface area contributed by atoms with Crippen molar-refractivity contribution in [1.29, 1.82) is 5.26 Å². The summed E-state index contributed by atoms with van der Waals surface area (Å²) >= 11 is 0. The molecule has 1 aromatic heterocycles. The zero-order valence-electron chi connectivity index (χ0n) is 14.8. The number of furan rings is 1. The minimum atomic E-state index is -0.584. The van der Waals surface area contributed by atoms with Crippen LogP contribution in [0, 0.1) is 17.1 Å². The van der Waals surface area contributed by atoms with Gasteiger partial charge >= 0.3 is 0 Å². The molecule has 1 heterocycles. The van der Waals surface area contributed by atoms with E-state index in [0.717, 1.165) is 16.7 Å². The van der Waals surface area contributed by atoms with E-state index in [1.54, 1.807) is 30.3 Å². The van der Waals surface area contributed by atoms with E-state index in [9.17, 15) is 9.18 Å². The summed E-state index contributed by atoms with van der Waals surface area (Å²) in [6.45, 7) is 0. The number of nitrogens with two attached hydrogens (primary N) is 1. The van der Waals surface area contributed by atoms with Crippen LogP contribution in [0.5, 0.6) is 0 Å². The Morgan fingerprint density at radius 1 is 1.04 bits per heavy atom.